The van der Waals surface area contributed by atoms with Crippen molar-refractivity contribution < 1.29 is 14.3 Å². The number of hydrogen-bond acceptors (Lipinski definition) is 4. The maximum atomic E-state index is 12.5. The van der Waals surface area contributed by atoms with Gasteiger partial charge in [0.1, 0.15) is 12.3 Å². The number of ether oxygens (including phenoxy) is 1. The van der Waals surface area contributed by atoms with Gasteiger partial charge in [-0.2, -0.15) is 0 Å². The molecule has 2 amide bonds. The highest BCUT2D eigenvalue weighted by atomic mass is 16.5. The third-order valence-electron chi connectivity index (χ3n) is 4.38. The fraction of sp³-hybridized carbons (Fsp3) is 0.556. The Bertz CT molecular complexity index is 618. The topological polar surface area (TPSA) is 84.7 Å². The van der Waals surface area contributed by atoms with E-state index in [1.165, 1.54) is 4.90 Å². The van der Waals surface area contributed by atoms with E-state index in [4.69, 9.17) is 10.5 Å². The fourth-order valence-corrected chi connectivity index (χ4v) is 2.62. The summed E-state index contributed by atoms with van der Waals surface area (Å²) in [4.78, 5) is 26.3. The quantitative estimate of drug-likeness (QED) is 0.835. The minimum absolute atomic E-state index is 0.0192. The molecule has 0 aliphatic carbocycles. The Hall–Kier alpha value is -2.08. The molecule has 132 valence electrons. The lowest BCUT2D eigenvalue weighted by Gasteiger charge is -2.33. The number of hydrogen-bond donors (Lipinski definition) is 2. The maximum absolute atomic E-state index is 12.5. The molecule has 0 bridgehead atoms. The van der Waals surface area contributed by atoms with E-state index in [-0.39, 0.29) is 30.4 Å². The number of carbonyl (C=O) groups is 2. The van der Waals surface area contributed by atoms with E-state index in [2.05, 4.69) is 5.32 Å². The highest BCUT2D eigenvalue weighted by molar-refractivity contribution is 6.03. The summed E-state index contributed by atoms with van der Waals surface area (Å²) in [6.07, 6.45) is 1.02. The molecule has 0 saturated carbocycles. The molecule has 1 aliphatic heterocycles. The van der Waals surface area contributed by atoms with Crippen molar-refractivity contribution in [3.63, 3.8) is 0 Å². The highest BCUT2D eigenvalue weighted by Gasteiger charge is 2.33. The van der Waals surface area contributed by atoms with Crippen molar-refractivity contribution in [2.24, 2.45) is 5.73 Å². The van der Waals surface area contributed by atoms with E-state index in [1.54, 1.807) is 6.92 Å². The van der Waals surface area contributed by atoms with Gasteiger partial charge in [-0.1, -0.05) is 19.9 Å². The molecule has 0 saturated heterocycles. The molecule has 3 unspecified atom stereocenters. The van der Waals surface area contributed by atoms with Gasteiger partial charge in [-0.15, -0.1) is 0 Å². The van der Waals surface area contributed by atoms with Crippen molar-refractivity contribution in [3.8, 4) is 5.75 Å². The van der Waals surface area contributed by atoms with E-state index in [9.17, 15) is 9.59 Å². The predicted octanol–water partition coefficient (Wildman–Crippen LogP) is 2.12. The number of anilines is 1. The summed E-state index contributed by atoms with van der Waals surface area (Å²) >= 11 is 0. The van der Waals surface area contributed by atoms with Crippen molar-refractivity contribution in [2.45, 2.75) is 58.7 Å². The van der Waals surface area contributed by atoms with Crippen LogP contribution in [0, 0.1) is 0 Å². The number of nitrogens with two attached hydrogens (primary N) is 1. The molecule has 1 aromatic carbocycles. The maximum Gasteiger partial charge on any atom is 0.268 e. The molecule has 0 spiro atoms. The molecule has 3 atom stereocenters. The van der Waals surface area contributed by atoms with Crippen LogP contribution in [0.2, 0.25) is 0 Å². The first-order valence-corrected chi connectivity index (χ1v) is 8.54. The summed E-state index contributed by atoms with van der Waals surface area (Å²) < 4.78 is 5.66. The fourth-order valence-electron chi connectivity index (χ4n) is 2.62. The predicted molar refractivity (Wildman–Crippen MR) is 94.0 cm³/mol. The van der Waals surface area contributed by atoms with Crippen molar-refractivity contribution in [2.75, 3.05) is 11.4 Å². The molecule has 1 aliphatic rings. The van der Waals surface area contributed by atoms with Gasteiger partial charge in [-0.3, -0.25) is 14.5 Å². The normalized spacial score (nSPS) is 19.3. The van der Waals surface area contributed by atoms with Crippen LogP contribution in [0.15, 0.2) is 18.2 Å². The lowest BCUT2D eigenvalue weighted by atomic mass is 10.0. The summed E-state index contributed by atoms with van der Waals surface area (Å²) in [6.45, 7) is 7.62. The van der Waals surface area contributed by atoms with Gasteiger partial charge >= 0.3 is 0 Å². The summed E-state index contributed by atoms with van der Waals surface area (Å²) in [7, 11) is 0. The Morgan fingerprint density at radius 3 is 2.71 bits per heavy atom. The Balaban J connectivity index is 2.30. The van der Waals surface area contributed by atoms with Crippen molar-refractivity contribution in [3.05, 3.63) is 23.8 Å². The minimum atomic E-state index is -0.611. The van der Waals surface area contributed by atoms with E-state index in [0.29, 0.717) is 11.4 Å². The monoisotopic (exact) mass is 333 g/mol. The Morgan fingerprint density at radius 1 is 1.38 bits per heavy atom. The van der Waals surface area contributed by atoms with Crippen LogP contribution in [0.1, 0.15) is 52.1 Å². The van der Waals surface area contributed by atoms with Gasteiger partial charge in [0.05, 0.1) is 5.69 Å². The van der Waals surface area contributed by atoms with E-state index in [0.717, 1.165) is 18.4 Å². The molecular weight excluding hydrogens is 306 g/mol. The second-order valence-corrected chi connectivity index (χ2v) is 6.30. The van der Waals surface area contributed by atoms with E-state index >= 15 is 0 Å². The van der Waals surface area contributed by atoms with Crippen LogP contribution in [0.5, 0.6) is 5.75 Å². The van der Waals surface area contributed by atoms with Gasteiger partial charge in [-0.25, -0.2) is 0 Å². The molecule has 24 heavy (non-hydrogen) atoms. The number of amides is 2. The zero-order valence-corrected chi connectivity index (χ0v) is 14.8. The number of nitrogens with zero attached hydrogens (tertiary/aromatic N) is 1. The van der Waals surface area contributed by atoms with Gasteiger partial charge in [-0.05, 0) is 44.4 Å². The molecule has 0 radical (unpaired) electrons. The van der Waals surface area contributed by atoms with Gasteiger partial charge in [0.2, 0.25) is 5.91 Å². The summed E-state index contributed by atoms with van der Waals surface area (Å²) in [5, 5.41) is 2.89. The molecule has 3 N–H and O–H groups in total. The highest BCUT2D eigenvalue weighted by Crippen LogP contribution is 2.36. The largest absolute Gasteiger partial charge is 0.479 e. The van der Waals surface area contributed by atoms with Gasteiger partial charge in [0.25, 0.3) is 5.91 Å². The van der Waals surface area contributed by atoms with Crippen molar-refractivity contribution >= 4 is 17.5 Å². The molecule has 1 aromatic rings. The molecule has 6 heteroatoms. The van der Waals surface area contributed by atoms with E-state index < -0.39 is 6.10 Å². The third-order valence-corrected chi connectivity index (χ3v) is 4.38. The molecule has 1 heterocycles. The first kappa shape index (κ1) is 18.3. The summed E-state index contributed by atoms with van der Waals surface area (Å²) in [5.41, 5.74) is 7.63. The SMILES string of the molecule is CCC(C)NC(=O)CN1C(=O)C(C)Oc2ccc(C(N)CC)cc21. The van der Waals surface area contributed by atoms with E-state index in [1.807, 2.05) is 39.0 Å². The van der Waals surface area contributed by atoms with Gasteiger partial charge in [0.15, 0.2) is 6.10 Å². The zero-order valence-electron chi connectivity index (χ0n) is 14.8. The molecular formula is C18H27N3O3. The minimum Gasteiger partial charge on any atom is -0.479 e. The Kier molecular flexibility index (Phi) is 5.83. The third kappa shape index (κ3) is 3.87. The second kappa shape index (κ2) is 7.66. The van der Waals surface area contributed by atoms with Crippen LogP contribution in [0.4, 0.5) is 5.69 Å². The van der Waals surface area contributed by atoms with Crippen LogP contribution < -0.4 is 20.7 Å². The van der Waals surface area contributed by atoms with Crippen molar-refractivity contribution in [1.82, 2.24) is 5.32 Å². The average Bonchev–Trinajstić information content (AvgIpc) is 2.57. The van der Waals surface area contributed by atoms with Crippen LogP contribution in [-0.4, -0.2) is 30.5 Å². The average molecular weight is 333 g/mol. The number of fused-ring (bicyclic) bond motifs is 1. The van der Waals surface area contributed by atoms with Crippen LogP contribution >= 0.6 is 0 Å². The first-order chi connectivity index (χ1) is 11.4. The summed E-state index contributed by atoms with van der Waals surface area (Å²) in [6, 6.07) is 5.55. The molecule has 6 nitrogen and oxygen atoms in total. The number of carbonyl (C=O) groups excluding carboxylic acids is 2. The standard InChI is InChI=1S/C18H27N3O3/c1-5-11(3)20-17(22)10-21-15-9-13(14(19)6-2)7-8-16(15)24-12(4)18(21)23/h7-9,11-12,14H,5-6,10,19H2,1-4H3,(H,20,22). The van der Waals surface area contributed by atoms with Gasteiger partial charge in [0, 0.05) is 12.1 Å². The lowest BCUT2D eigenvalue weighted by Crippen LogP contribution is -2.49. The lowest BCUT2D eigenvalue weighted by molar-refractivity contribution is -0.128. The molecule has 0 aromatic heterocycles. The van der Waals surface area contributed by atoms with Gasteiger partial charge < -0.3 is 15.8 Å². The first-order valence-electron chi connectivity index (χ1n) is 8.54. The Morgan fingerprint density at radius 2 is 2.08 bits per heavy atom. The van der Waals surface area contributed by atoms with Crippen molar-refractivity contribution in [1.29, 1.82) is 0 Å². The Labute approximate surface area is 143 Å². The number of rotatable bonds is 6. The smallest absolute Gasteiger partial charge is 0.268 e. The number of nitrogens with one attached hydrogen (secondary N) is 1. The number of benzene rings is 1. The summed E-state index contributed by atoms with van der Waals surface area (Å²) in [5.74, 6) is 0.206. The van der Waals surface area contributed by atoms with Crippen LogP contribution in [0.3, 0.4) is 0 Å². The van der Waals surface area contributed by atoms with Crippen LogP contribution in [0.25, 0.3) is 0 Å². The second-order valence-electron chi connectivity index (χ2n) is 6.30. The van der Waals surface area contributed by atoms with Crippen LogP contribution in [-0.2, 0) is 9.59 Å². The molecule has 0 fully saturated rings. The zero-order chi connectivity index (χ0) is 17.9. The molecule has 2 rings (SSSR count).